The standard InChI is InChI=1S/C11H24N2O/c1-4-11-9-13(7-8-14-11)6-5-12-10(2)3/h10-12H,4-9H2,1-3H3. The van der Waals surface area contributed by atoms with E-state index in [1.54, 1.807) is 0 Å². The van der Waals surface area contributed by atoms with Crippen molar-refractivity contribution >= 4 is 0 Å². The molecule has 1 atom stereocenters. The van der Waals surface area contributed by atoms with Crippen LogP contribution in [0.25, 0.3) is 0 Å². The fourth-order valence-electron chi connectivity index (χ4n) is 1.74. The Labute approximate surface area is 87.8 Å². The average molecular weight is 200 g/mol. The Bertz CT molecular complexity index is 150. The van der Waals surface area contributed by atoms with Crippen LogP contribution >= 0.6 is 0 Å². The number of nitrogens with one attached hydrogen (secondary N) is 1. The van der Waals surface area contributed by atoms with Crippen molar-refractivity contribution in [1.82, 2.24) is 10.2 Å². The Morgan fingerprint density at radius 3 is 2.93 bits per heavy atom. The molecule has 0 aliphatic carbocycles. The van der Waals surface area contributed by atoms with Gasteiger partial charge in [-0.3, -0.25) is 4.90 Å². The van der Waals surface area contributed by atoms with E-state index in [1.165, 1.54) is 0 Å². The van der Waals surface area contributed by atoms with Crippen LogP contribution in [0.5, 0.6) is 0 Å². The first kappa shape index (κ1) is 12.0. The van der Waals surface area contributed by atoms with Gasteiger partial charge < -0.3 is 10.1 Å². The van der Waals surface area contributed by atoms with Gasteiger partial charge in [0.25, 0.3) is 0 Å². The molecular weight excluding hydrogens is 176 g/mol. The molecule has 14 heavy (non-hydrogen) atoms. The van der Waals surface area contributed by atoms with E-state index in [-0.39, 0.29) is 0 Å². The van der Waals surface area contributed by atoms with E-state index >= 15 is 0 Å². The van der Waals surface area contributed by atoms with Gasteiger partial charge >= 0.3 is 0 Å². The van der Waals surface area contributed by atoms with Crippen LogP contribution in [0.4, 0.5) is 0 Å². The van der Waals surface area contributed by atoms with Crippen LogP contribution in [0, 0.1) is 0 Å². The summed E-state index contributed by atoms with van der Waals surface area (Å²) in [4.78, 5) is 2.49. The summed E-state index contributed by atoms with van der Waals surface area (Å²) in [6.07, 6.45) is 1.59. The van der Waals surface area contributed by atoms with Crippen LogP contribution in [-0.2, 0) is 4.74 Å². The van der Waals surface area contributed by atoms with Crippen LogP contribution in [0.15, 0.2) is 0 Å². The maximum absolute atomic E-state index is 5.62. The van der Waals surface area contributed by atoms with E-state index < -0.39 is 0 Å². The zero-order valence-corrected chi connectivity index (χ0v) is 9.75. The van der Waals surface area contributed by atoms with Crippen molar-refractivity contribution in [2.45, 2.75) is 39.3 Å². The van der Waals surface area contributed by atoms with Gasteiger partial charge in [-0.15, -0.1) is 0 Å². The summed E-state index contributed by atoms with van der Waals surface area (Å²) in [6.45, 7) is 11.9. The van der Waals surface area contributed by atoms with Crippen molar-refractivity contribution in [3.05, 3.63) is 0 Å². The molecule has 1 rings (SSSR count). The maximum atomic E-state index is 5.62. The second-order valence-electron chi connectivity index (χ2n) is 4.31. The molecule has 0 aromatic rings. The van der Waals surface area contributed by atoms with Gasteiger partial charge in [0, 0.05) is 32.2 Å². The Kier molecular flexibility index (Phi) is 5.45. The molecule has 3 nitrogen and oxygen atoms in total. The van der Waals surface area contributed by atoms with Gasteiger partial charge in [-0.1, -0.05) is 20.8 Å². The van der Waals surface area contributed by atoms with E-state index in [4.69, 9.17) is 4.74 Å². The normalized spacial score (nSPS) is 24.4. The molecule has 0 amide bonds. The number of nitrogens with zero attached hydrogens (tertiary/aromatic N) is 1. The molecule has 0 saturated carbocycles. The van der Waals surface area contributed by atoms with E-state index in [0.717, 1.165) is 39.2 Å². The molecule has 0 radical (unpaired) electrons. The highest BCUT2D eigenvalue weighted by Crippen LogP contribution is 2.07. The SMILES string of the molecule is CCC1CN(CCNC(C)C)CCO1. The lowest BCUT2D eigenvalue weighted by Gasteiger charge is -2.32. The number of ether oxygens (including phenoxy) is 1. The van der Waals surface area contributed by atoms with Crippen LogP contribution < -0.4 is 5.32 Å². The molecular formula is C11H24N2O. The van der Waals surface area contributed by atoms with E-state index in [9.17, 15) is 0 Å². The molecule has 1 aliphatic rings. The van der Waals surface area contributed by atoms with Gasteiger partial charge in [-0.25, -0.2) is 0 Å². The fourth-order valence-corrected chi connectivity index (χ4v) is 1.74. The van der Waals surface area contributed by atoms with Crippen LogP contribution in [0.2, 0.25) is 0 Å². The summed E-state index contributed by atoms with van der Waals surface area (Å²) in [7, 11) is 0. The van der Waals surface area contributed by atoms with Gasteiger partial charge in [-0.2, -0.15) is 0 Å². The molecule has 0 bridgehead atoms. The fraction of sp³-hybridized carbons (Fsp3) is 1.00. The molecule has 84 valence electrons. The van der Waals surface area contributed by atoms with Crippen molar-refractivity contribution in [2.75, 3.05) is 32.8 Å². The van der Waals surface area contributed by atoms with Gasteiger partial charge in [0.1, 0.15) is 0 Å². The number of hydrogen-bond acceptors (Lipinski definition) is 3. The highest BCUT2D eigenvalue weighted by molar-refractivity contribution is 4.71. The monoisotopic (exact) mass is 200 g/mol. The second-order valence-corrected chi connectivity index (χ2v) is 4.31. The first-order chi connectivity index (χ1) is 6.72. The van der Waals surface area contributed by atoms with Crippen molar-refractivity contribution in [1.29, 1.82) is 0 Å². The van der Waals surface area contributed by atoms with Gasteiger partial charge in [0.2, 0.25) is 0 Å². The summed E-state index contributed by atoms with van der Waals surface area (Å²) < 4.78 is 5.62. The average Bonchev–Trinajstić information content (AvgIpc) is 2.18. The number of hydrogen-bond donors (Lipinski definition) is 1. The zero-order chi connectivity index (χ0) is 10.4. The molecule has 1 unspecified atom stereocenters. The lowest BCUT2D eigenvalue weighted by atomic mass is 10.2. The molecule has 1 N–H and O–H groups in total. The summed E-state index contributed by atoms with van der Waals surface area (Å²) in [5, 5.41) is 3.44. The molecule has 1 fully saturated rings. The zero-order valence-electron chi connectivity index (χ0n) is 9.75. The Morgan fingerprint density at radius 2 is 2.29 bits per heavy atom. The van der Waals surface area contributed by atoms with Crippen LogP contribution in [0.1, 0.15) is 27.2 Å². The summed E-state index contributed by atoms with van der Waals surface area (Å²) >= 11 is 0. The predicted octanol–water partition coefficient (Wildman–Crippen LogP) is 1.10. The molecule has 1 saturated heterocycles. The molecule has 3 heteroatoms. The van der Waals surface area contributed by atoms with Crippen molar-refractivity contribution in [2.24, 2.45) is 0 Å². The molecule has 1 aliphatic heterocycles. The Balaban J connectivity index is 2.11. The van der Waals surface area contributed by atoms with E-state index in [2.05, 4.69) is 31.0 Å². The molecule has 0 aromatic heterocycles. The first-order valence-corrected chi connectivity index (χ1v) is 5.79. The van der Waals surface area contributed by atoms with Crippen LogP contribution in [0.3, 0.4) is 0 Å². The molecule has 0 spiro atoms. The number of rotatable bonds is 5. The minimum Gasteiger partial charge on any atom is -0.376 e. The van der Waals surface area contributed by atoms with E-state index in [1.807, 2.05) is 0 Å². The second kappa shape index (κ2) is 6.38. The lowest BCUT2D eigenvalue weighted by Crippen LogP contribution is -2.45. The van der Waals surface area contributed by atoms with Gasteiger partial charge in [0.05, 0.1) is 12.7 Å². The molecule has 0 aromatic carbocycles. The molecule has 1 heterocycles. The van der Waals surface area contributed by atoms with Crippen molar-refractivity contribution in [3.8, 4) is 0 Å². The third-order valence-electron chi connectivity index (χ3n) is 2.66. The third kappa shape index (κ3) is 4.40. The predicted molar refractivity (Wildman–Crippen MR) is 59.6 cm³/mol. The minimum absolute atomic E-state index is 0.461. The maximum Gasteiger partial charge on any atom is 0.0700 e. The number of morpholine rings is 1. The minimum atomic E-state index is 0.461. The summed E-state index contributed by atoms with van der Waals surface area (Å²) in [6, 6.07) is 0.595. The summed E-state index contributed by atoms with van der Waals surface area (Å²) in [5.41, 5.74) is 0. The van der Waals surface area contributed by atoms with Gasteiger partial charge in [0.15, 0.2) is 0 Å². The smallest absolute Gasteiger partial charge is 0.0700 e. The largest absolute Gasteiger partial charge is 0.376 e. The van der Waals surface area contributed by atoms with Crippen molar-refractivity contribution < 1.29 is 4.74 Å². The van der Waals surface area contributed by atoms with Crippen molar-refractivity contribution in [3.63, 3.8) is 0 Å². The Hall–Kier alpha value is -0.120. The highest BCUT2D eigenvalue weighted by Gasteiger charge is 2.17. The first-order valence-electron chi connectivity index (χ1n) is 5.79. The van der Waals surface area contributed by atoms with E-state index in [0.29, 0.717) is 12.1 Å². The summed E-state index contributed by atoms with van der Waals surface area (Å²) in [5.74, 6) is 0. The van der Waals surface area contributed by atoms with Crippen LogP contribution in [-0.4, -0.2) is 49.8 Å². The quantitative estimate of drug-likeness (QED) is 0.719. The topological polar surface area (TPSA) is 24.5 Å². The Morgan fingerprint density at radius 1 is 1.50 bits per heavy atom. The lowest BCUT2D eigenvalue weighted by molar-refractivity contribution is -0.0291. The third-order valence-corrected chi connectivity index (χ3v) is 2.66. The van der Waals surface area contributed by atoms with Gasteiger partial charge in [-0.05, 0) is 6.42 Å². The highest BCUT2D eigenvalue weighted by atomic mass is 16.5.